The first kappa shape index (κ1) is 34.3. The van der Waals surface area contributed by atoms with Gasteiger partial charge in [-0.3, -0.25) is 9.59 Å². The normalized spacial score (nSPS) is 19.5. The summed E-state index contributed by atoms with van der Waals surface area (Å²) in [5, 5.41) is 5.91. The monoisotopic (exact) mass is 604 g/mol. The van der Waals surface area contributed by atoms with Gasteiger partial charge in [0.1, 0.15) is 0 Å². The fourth-order valence-corrected chi connectivity index (χ4v) is 5.87. The fourth-order valence-electron chi connectivity index (χ4n) is 5.87. The van der Waals surface area contributed by atoms with Gasteiger partial charge in [0.05, 0.1) is 11.3 Å². The molecule has 2 fully saturated rings. The third kappa shape index (κ3) is 9.39. The van der Waals surface area contributed by atoms with E-state index < -0.39 is 11.7 Å². The first-order valence-corrected chi connectivity index (χ1v) is 15.3. The van der Waals surface area contributed by atoms with E-state index in [-0.39, 0.29) is 35.5 Å². The fraction of sp³-hybridized carbons (Fsp3) is 0.625. The molecule has 1 unspecified atom stereocenters. The second-order valence-electron chi connectivity index (χ2n) is 12.2. The van der Waals surface area contributed by atoms with E-state index in [0.29, 0.717) is 23.1 Å². The smallest absolute Gasteiger partial charge is 0.354 e. The zero-order chi connectivity index (χ0) is 31.9. The number of alkyl halides is 3. The van der Waals surface area contributed by atoms with Crippen molar-refractivity contribution < 1.29 is 22.8 Å². The highest BCUT2D eigenvalue weighted by atomic mass is 19.4. The van der Waals surface area contributed by atoms with Gasteiger partial charge in [-0.1, -0.05) is 25.8 Å². The van der Waals surface area contributed by atoms with E-state index in [9.17, 15) is 22.8 Å². The van der Waals surface area contributed by atoms with Gasteiger partial charge in [0, 0.05) is 42.5 Å². The van der Waals surface area contributed by atoms with Crippen molar-refractivity contribution >= 4 is 23.5 Å². The molecule has 2 aromatic rings. The Morgan fingerprint density at radius 3 is 2.37 bits per heavy atom. The van der Waals surface area contributed by atoms with Gasteiger partial charge in [-0.15, -0.1) is 0 Å². The Morgan fingerprint density at radius 2 is 1.79 bits per heavy atom. The number of halogens is 3. The molecule has 1 saturated heterocycles. The summed E-state index contributed by atoms with van der Waals surface area (Å²) in [6.45, 7) is 11.3. The quantitative estimate of drug-likeness (QED) is 0.382. The summed E-state index contributed by atoms with van der Waals surface area (Å²) in [5.41, 5.74) is 0.887. The maximum atomic E-state index is 13.1. The van der Waals surface area contributed by atoms with Gasteiger partial charge in [-0.05, 0) is 97.1 Å². The zero-order valence-corrected chi connectivity index (χ0v) is 26.5. The first-order chi connectivity index (χ1) is 20.2. The molecule has 1 aliphatic heterocycles. The number of piperidine rings is 1. The van der Waals surface area contributed by atoms with Crippen LogP contribution in [0.25, 0.3) is 0 Å². The second-order valence-corrected chi connectivity index (χ2v) is 12.2. The Balaban J connectivity index is 0.000000326. The molecule has 0 spiro atoms. The third-order valence-electron chi connectivity index (χ3n) is 8.52. The van der Waals surface area contributed by atoms with Gasteiger partial charge >= 0.3 is 6.18 Å². The van der Waals surface area contributed by atoms with Crippen molar-refractivity contribution in [3.63, 3.8) is 0 Å². The van der Waals surface area contributed by atoms with Crippen LogP contribution in [0.15, 0.2) is 24.4 Å². The summed E-state index contributed by atoms with van der Waals surface area (Å²) in [5.74, 6) is 1.19. The van der Waals surface area contributed by atoms with Gasteiger partial charge in [0.25, 0.3) is 5.91 Å². The highest BCUT2D eigenvalue weighted by molar-refractivity contribution is 5.96. The summed E-state index contributed by atoms with van der Waals surface area (Å²) in [6, 6.07) is 5.71. The molecular formula is C32H47F3N6O2. The Morgan fingerprint density at radius 1 is 1.12 bits per heavy atom. The lowest BCUT2D eigenvalue weighted by atomic mass is 9.93. The first-order valence-electron chi connectivity index (χ1n) is 15.3. The molecular weight excluding hydrogens is 557 g/mol. The van der Waals surface area contributed by atoms with Crippen molar-refractivity contribution in [2.45, 2.75) is 91.4 Å². The minimum Gasteiger partial charge on any atom is -0.354 e. The second kappa shape index (κ2) is 15.0. The molecule has 11 heteroatoms. The number of hydrogen-bond donors (Lipinski definition) is 2. The van der Waals surface area contributed by atoms with Crippen LogP contribution in [0.5, 0.6) is 0 Å². The molecule has 0 bridgehead atoms. The average Bonchev–Trinajstić information content (AvgIpc) is 3.42. The van der Waals surface area contributed by atoms with Gasteiger partial charge in [0.15, 0.2) is 0 Å². The van der Waals surface area contributed by atoms with Crippen LogP contribution in [-0.4, -0.2) is 70.9 Å². The number of nitrogens with zero attached hydrogens (tertiary/aromatic N) is 4. The van der Waals surface area contributed by atoms with E-state index >= 15 is 0 Å². The van der Waals surface area contributed by atoms with E-state index in [1.807, 2.05) is 27.8 Å². The zero-order valence-electron chi connectivity index (χ0n) is 26.5. The molecule has 8 nitrogen and oxygen atoms in total. The van der Waals surface area contributed by atoms with E-state index in [4.69, 9.17) is 0 Å². The van der Waals surface area contributed by atoms with Gasteiger partial charge in [0.2, 0.25) is 11.9 Å². The average molecular weight is 605 g/mol. The number of hydrogen-bond acceptors (Lipinski definition) is 6. The number of carbonyl (C=O) groups is 2. The van der Waals surface area contributed by atoms with Crippen LogP contribution in [0.2, 0.25) is 0 Å². The maximum Gasteiger partial charge on any atom is 0.419 e. The topological polar surface area (TPSA) is 90.5 Å². The lowest BCUT2D eigenvalue weighted by Gasteiger charge is -2.35. The molecule has 1 saturated carbocycles. The number of rotatable bonds is 7. The molecule has 2 heterocycles. The van der Waals surface area contributed by atoms with Gasteiger partial charge in [-0.25, -0.2) is 9.97 Å². The molecule has 2 aliphatic rings. The molecule has 0 radical (unpaired) electrons. The number of carbonyl (C=O) groups excluding carboxylic acids is 2. The Hall–Kier alpha value is -3.21. The van der Waals surface area contributed by atoms with Gasteiger partial charge in [-0.2, -0.15) is 13.2 Å². The Kier molecular flexibility index (Phi) is 12.0. The summed E-state index contributed by atoms with van der Waals surface area (Å²) >= 11 is 0. The standard InChI is InChI=1S/C21H26F3N5O.C11H21NO/c1-13-5-6-15(27-20-25-12-18(14(2)26-20)21(22,23)24)11-17(13)19(30)29(4)16-7-9-28(3)10-8-16;1-4-9-6-5-7-10(9)11(13)12-8(2)3/h5-6,11-12,16H,7-10H2,1-4H3,(H,25,26,27);8-10H,4-7H2,1-3H3,(H,12,13)/t;9?,10-/m.0/s1. The van der Waals surface area contributed by atoms with E-state index in [2.05, 4.69) is 39.5 Å². The molecule has 238 valence electrons. The van der Waals surface area contributed by atoms with Crippen molar-refractivity contribution in [2.24, 2.45) is 11.8 Å². The predicted molar refractivity (Wildman–Crippen MR) is 163 cm³/mol. The maximum absolute atomic E-state index is 13.1. The summed E-state index contributed by atoms with van der Waals surface area (Å²) < 4.78 is 38.7. The van der Waals surface area contributed by atoms with Crippen LogP contribution in [0, 0.1) is 25.7 Å². The minimum absolute atomic E-state index is 0.0476. The number of nitrogens with one attached hydrogen (secondary N) is 2. The lowest BCUT2D eigenvalue weighted by Crippen LogP contribution is -2.44. The Labute approximate surface area is 253 Å². The number of aryl methyl sites for hydroxylation is 2. The lowest BCUT2D eigenvalue weighted by molar-refractivity contribution is -0.138. The van der Waals surface area contributed by atoms with Crippen LogP contribution in [0.4, 0.5) is 24.8 Å². The molecule has 2 atom stereocenters. The molecule has 1 aliphatic carbocycles. The molecule has 1 aromatic carbocycles. The van der Waals surface area contributed by atoms with Crippen molar-refractivity contribution in [1.29, 1.82) is 0 Å². The third-order valence-corrected chi connectivity index (χ3v) is 8.52. The number of amides is 2. The number of anilines is 2. The molecule has 4 rings (SSSR count). The predicted octanol–water partition coefficient (Wildman–Crippen LogP) is 6.36. The van der Waals surface area contributed by atoms with Crippen molar-refractivity contribution in [1.82, 2.24) is 25.1 Å². The molecule has 1 aromatic heterocycles. The van der Waals surface area contributed by atoms with Crippen LogP contribution in [0.3, 0.4) is 0 Å². The van der Waals surface area contributed by atoms with E-state index in [0.717, 1.165) is 50.5 Å². The number of aromatic nitrogens is 2. The van der Waals surface area contributed by atoms with Crippen molar-refractivity contribution in [3.05, 3.63) is 46.8 Å². The van der Waals surface area contributed by atoms with Crippen molar-refractivity contribution in [3.8, 4) is 0 Å². The molecule has 2 N–H and O–H groups in total. The Bertz CT molecular complexity index is 1240. The van der Waals surface area contributed by atoms with Crippen LogP contribution >= 0.6 is 0 Å². The van der Waals surface area contributed by atoms with Crippen LogP contribution in [0.1, 0.15) is 86.5 Å². The van der Waals surface area contributed by atoms with Crippen LogP contribution < -0.4 is 10.6 Å². The minimum atomic E-state index is -4.50. The largest absolute Gasteiger partial charge is 0.419 e. The van der Waals surface area contributed by atoms with Crippen LogP contribution in [-0.2, 0) is 11.0 Å². The summed E-state index contributed by atoms with van der Waals surface area (Å²) in [7, 11) is 3.89. The molecule has 43 heavy (non-hydrogen) atoms. The number of benzene rings is 1. The highest BCUT2D eigenvalue weighted by Gasteiger charge is 2.34. The van der Waals surface area contributed by atoms with Gasteiger partial charge < -0.3 is 20.4 Å². The summed E-state index contributed by atoms with van der Waals surface area (Å²) in [6.07, 6.45) is 2.83. The molecule has 2 amide bonds. The summed E-state index contributed by atoms with van der Waals surface area (Å²) in [4.78, 5) is 36.5. The number of likely N-dealkylation sites (tertiary alicyclic amines) is 1. The van der Waals surface area contributed by atoms with E-state index in [1.54, 1.807) is 23.1 Å². The highest BCUT2D eigenvalue weighted by Crippen LogP contribution is 2.34. The SMILES string of the molecule is CCC1CCC[C@@H]1C(=O)NC(C)C.Cc1ccc(Nc2ncc(C(F)(F)F)c(C)n2)cc1C(=O)N(C)C1CCN(C)CC1. The van der Waals surface area contributed by atoms with E-state index in [1.165, 1.54) is 19.8 Å². The van der Waals surface area contributed by atoms with Crippen molar-refractivity contribution in [2.75, 3.05) is 32.5 Å².